The van der Waals surface area contributed by atoms with Crippen LogP contribution in [0.4, 0.5) is 5.82 Å². The molecule has 1 aromatic carbocycles. The summed E-state index contributed by atoms with van der Waals surface area (Å²) in [6.45, 7) is 6.08. The van der Waals surface area contributed by atoms with Gasteiger partial charge in [0, 0.05) is 30.1 Å². The highest BCUT2D eigenvalue weighted by Gasteiger charge is 2.47. The van der Waals surface area contributed by atoms with Crippen molar-refractivity contribution in [2.45, 2.75) is 52.9 Å². The molecule has 0 unspecified atom stereocenters. The van der Waals surface area contributed by atoms with Crippen molar-refractivity contribution in [3.63, 3.8) is 0 Å². The molecular formula is C22H30Cl2N4O2. The highest BCUT2D eigenvalue weighted by atomic mass is 35.5. The number of rotatable bonds is 3. The number of aryl methyl sites for hydroxylation is 1. The first-order valence-electron chi connectivity index (χ1n) is 9.91. The summed E-state index contributed by atoms with van der Waals surface area (Å²) >= 11 is 12.5. The Labute approximate surface area is 188 Å². The first-order valence-corrected chi connectivity index (χ1v) is 10.7. The van der Waals surface area contributed by atoms with E-state index >= 15 is 0 Å². The number of ether oxygens (including phenoxy) is 1. The van der Waals surface area contributed by atoms with E-state index in [9.17, 15) is 5.11 Å². The Bertz CT molecular complexity index is 916. The molecule has 2 aliphatic heterocycles. The predicted octanol–water partition coefficient (Wildman–Crippen LogP) is 4.22. The molecule has 4 rings (SSSR count). The first-order chi connectivity index (χ1) is 13.9. The van der Waals surface area contributed by atoms with Crippen LogP contribution in [0.3, 0.4) is 0 Å². The van der Waals surface area contributed by atoms with Gasteiger partial charge in [0.05, 0.1) is 40.8 Å². The second-order valence-electron chi connectivity index (χ2n) is 8.08. The van der Waals surface area contributed by atoms with Crippen LogP contribution in [0.2, 0.25) is 10.0 Å². The average molecular weight is 453 g/mol. The molecule has 2 saturated heterocycles. The fourth-order valence-corrected chi connectivity index (χ4v) is 4.87. The van der Waals surface area contributed by atoms with Crippen LogP contribution in [-0.2, 0) is 11.3 Å². The van der Waals surface area contributed by atoms with Gasteiger partial charge in [-0.05, 0) is 32.8 Å². The zero-order chi connectivity index (χ0) is 20.8. The summed E-state index contributed by atoms with van der Waals surface area (Å²) in [5.74, 6) is 0.724. The minimum Gasteiger partial charge on any atom is -0.390 e. The van der Waals surface area contributed by atoms with Gasteiger partial charge in [-0.1, -0.05) is 42.8 Å². The molecule has 0 amide bonds. The van der Waals surface area contributed by atoms with Crippen LogP contribution in [0.15, 0.2) is 18.2 Å². The Balaban J connectivity index is 0.00000256. The standard InChI is InChI=1S/C21H26Cl2N4O2.CH4/c1-12-18(14-4-3-5-15(22)17(14)23)26-16(10-28)20(25-12)27-8-6-21(7-9-27)11-29-13(2)19(21)24;/h3-5,13,19,28H,6-11,24H2,1-2H3;1H4/t13-,19-;/m1./s1. The Hall–Kier alpha value is -1.44. The summed E-state index contributed by atoms with van der Waals surface area (Å²) in [6.07, 6.45) is 1.97. The molecule has 8 heteroatoms. The minimum atomic E-state index is -0.199. The van der Waals surface area contributed by atoms with Crippen molar-refractivity contribution in [1.29, 1.82) is 0 Å². The van der Waals surface area contributed by atoms with Gasteiger partial charge in [-0.3, -0.25) is 0 Å². The summed E-state index contributed by atoms with van der Waals surface area (Å²) in [7, 11) is 0. The first kappa shape index (κ1) is 23.2. The molecule has 3 N–H and O–H groups in total. The lowest BCUT2D eigenvalue weighted by Crippen LogP contribution is -2.51. The molecule has 30 heavy (non-hydrogen) atoms. The van der Waals surface area contributed by atoms with Gasteiger partial charge in [0.15, 0.2) is 5.82 Å². The lowest BCUT2D eigenvalue weighted by Gasteiger charge is -2.42. The maximum absolute atomic E-state index is 9.99. The SMILES string of the molecule is C.Cc1nc(N2CCC3(CC2)CO[C@H](C)[C@H]3N)c(CO)nc1-c1cccc(Cl)c1Cl. The number of aliphatic hydroxyl groups is 1. The largest absolute Gasteiger partial charge is 0.390 e. The van der Waals surface area contributed by atoms with Gasteiger partial charge >= 0.3 is 0 Å². The predicted molar refractivity (Wildman–Crippen MR) is 122 cm³/mol. The third-order valence-corrected chi connectivity index (χ3v) is 7.20. The van der Waals surface area contributed by atoms with Crippen LogP contribution in [-0.4, -0.2) is 46.9 Å². The molecule has 0 bridgehead atoms. The summed E-state index contributed by atoms with van der Waals surface area (Å²) in [4.78, 5) is 11.7. The van der Waals surface area contributed by atoms with Crippen molar-refractivity contribution < 1.29 is 9.84 Å². The van der Waals surface area contributed by atoms with Gasteiger partial charge in [0.2, 0.25) is 0 Å². The fraction of sp³-hybridized carbons (Fsp3) is 0.545. The number of aliphatic hydroxyl groups excluding tert-OH is 1. The van der Waals surface area contributed by atoms with Gasteiger partial charge in [-0.2, -0.15) is 0 Å². The van der Waals surface area contributed by atoms with Crippen molar-refractivity contribution in [1.82, 2.24) is 9.97 Å². The molecule has 1 spiro atoms. The molecule has 0 radical (unpaired) electrons. The van der Waals surface area contributed by atoms with Crippen molar-refractivity contribution in [3.8, 4) is 11.3 Å². The van der Waals surface area contributed by atoms with E-state index in [0.717, 1.165) is 37.4 Å². The molecule has 2 aromatic rings. The van der Waals surface area contributed by atoms with Crippen molar-refractivity contribution in [2.24, 2.45) is 11.1 Å². The number of nitrogens with two attached hydrogens (primary N) is 1. The smallest absolute Gasteiger partial charge is 0.153 e. The van der Waals surface area contributed by atoms with E-state index in [1.807, 2.05) is 26.0 Å². The molecule has 6 nitrogen and oxygen atoms in total. The number of benzene rings is 1. The summed E-state index contributed by atoms with van der Waals surface area (Å²) in [5.41, 5.74) is 9.10. The molecule has 2 atom stereocenters. The van der Waals surface area contributed by atoms with E-state index in [2.05, 4.69) is 4.90 Å². The lowest BCUT2D eigenvalue weighted by molar-refractivity contribution is 0.0973. The monoisotopic (exact) mass is 452 g/mol. The van der Waals surface area contributed by atoms with E-state index in [4.69, 9.17) is 43.6 Å². The van der Waals surface area contributed by atoms with Crippen molar-refractivity contribution in [2.75, 3.05) is 24.6 Å². The van der Waals surface area contributed by atoms with Crippen LogP contribution in [0.25, 0.3) is 11.3 Å². The van der Waals surface area contributed by atoms with Crippen LogP contribution in [0.1, 0.15) is 38.6 Å². The molecule has 0 aliphatic carbocycles. The lowest BCUT2D eigenvalue weighted by atomic mass is 9.73. The molecule has 164 valence electrons. The zero-order valence-corrected chi connectivity index (χ0v) is 18.2. The molecule has 2 fully saturated rings. The summed E-state index contributed by atoms with van der Waals surface area (Å²) in [5, 5.41) is 10.9. The Morgan fingerprint density at radius 1 is 1.27 bits per heavy atom. The molecule has 3 heterocycles. The summed E-state index contributed by atoms with van der Waals surface area (Å²) < 4.78 is 5.81. The van der Waals surface area contributed by atoms with Crippen molar-refractivity contribution in [3.05, 3.63) is 39.6 Å². The van der Waals surface area contributed by atoms with Gasteiger partial charge in [-0.25, -0.2) is 9.97 Å². The number of halogens is 2. The molecular weight excluding hydrogens is 423 g/mol. The number of anilines is 1. The van der Waals surface area contributed by atoms with E-state index in [0.29, 0.717) is 33.6 Å². The molecule has 1 aromatic heterocycles. The summed E-state index contributed by atoms with van der Waals surface area (Å²) in [6, 6.07) is 5.48. The molecule has 2 aliphatic rings. The number of piperidine rings is 1. The van der Waals surface area contributed by atoms with Gasteiger partial charge in [-0.15, -0.1) is 0 Å². The fourth-order valence-electron chi connectivity index (χ4n) is 4.48. The van der Waals surface area contributed by atoms with E-state index in [-0.39, 0.29) is 31.6 Å². The van der Waals surface area contributed by atoms with Gasteiger partial charge in [0.1, 0.15) is 5.69 Å². The normalized spacial score (nSPS) is 22.9. The zero-order valence-electron chi connectivity index (χ0n) is 16.7. The topological polar surface area (TPSA) is 84.5 Å². The highest BCUT2D eigenvalue weighted by molar-refractivity contribution is 6.43. The number of hydrogen-bond acceptors (Lipinski definition) is 6. The van der Waals surface area contributed by atoms with E-state index in [1.54, 1.807) is 6.07 Å². The van der Waals surface area contributed by atoms with Crippen molar-refractivity contribution >= 4 is 29.0 Å². The number of nitrogens with zero attached hydrogens (tertiary/aromatic N) is 3. The Morgan fingerprint density at radius 2 is 1.97 bits per heavy atom. The third-order valence-electron chi connectivity index (χ3n) is 6.38. The van der Waals surface area contributed by atoms with E-state index < -0.39 is 0 Å². The van der Waals surface area contributed by atoms with Crippen LogP contribution in [0, 0.1) is 12.3 Å². The van der Waals surface area contributed by atoms with Gasteiger partial charge < -0.3 is 20.5 Å². The van der Waals surface area contributed by atoms with Gasteiger partial charge in [0.25, 0.3) is 0 Å². The van der Waals surface area contributed by atoms with Crippen LogP contribution >= 0.6 is 23.2 Å². The Kier molecular flexibility index (Phi) is 6.94. The Morgan fingerprint density at radius 3 is 2.57 bits per heavy atom. The maximum atomic E-state index is 9.99. The van der Waals surface area contributed by atoms with E-state index in [1.165, 1.54) is 0 Å². The third kappa shape index (κ3) is 3.92. The second-order valence-corrected chi connectivity index (χ2v) is 8.86. The maximum Gasteiger partial charge on any atom is 0.153 e. The number of hydrogen-bond donors (Lipinski definition) is 2. The quantitative estimate of drug-likeness (QED) is 0.724. The highest BCUT2D eigenvalue weighted by Crippen LogP contribution is 2.42. The van der Waals surface area contributed by atoms with Crippen LogP contribution in [0.5, 0.6) is 0 Å². The van der Waals surface area contributed by atoms with Crippen LogP contribution < -0.4 is 10.6 Å². The average Bonchev–Trinajstić information content (AvgIpc) is 2.99. The minimum absolute atomic E-state index is 0. The number of aromatic nitrogens is 2. The molecule has 0 saturated carbocycles. The second kappa shape index (κ2) is 8.97.